The van der Waals surface area contributed by atoms with E-state index in [0.29, 0.717) is 43.4 Å². The van der Waals surface area contributed by atoms with Gasteiger partial charge in [0.15, 0.2) is 5.78 Å². The Morgan fingerprint density at radius 3 is 2.31 bits per heavy atom. The molecule has 2 aromatic rings. The smallest absolute Gasteiger partial charge is 0.328 e. The number of ether oxygens (including phenoxy) is 5. The molecular weight excluding hydrogens is 1180 g/mol. The number of primary amides is 1. The molecule has 5 N–H and O–H groups in total. The lowest BCUT2D eigenvalue weighted by Crippen LogP contribution is -2.53. The van der Waals surface area contributed by atoms with E-state index in [-0.39, 0.29) is 104 Å². The van der Waals surface area contributed by atoms with Gasteiger partial charge in [0.05, 0.1) is 43.3 Å². The van der Waals surface area contributed by atoms with Gasteiger partial charge in [-0.05, 0) is 94.2 Å². The minimum absolute atomic E-state index is 0.0000860. The van der Waals surface area contributed by atoms with Crippen molar-refractivity contribution in [1.29, 1.82) is 0 Å². The van der Waals surface area contributed by atoms with Crippen LogP contribution in [0.5, 0.6) is 5.75 Å². The standard InChI is InChI=1S/C64H85ClF2N6O16/c1-34(2)42(29-41(74)18-13-12-14-22-73-54(77)24-36(4)59(73)80)58(79)70-46(19-16-21-69-62(68)83)48(75)28-40-27-45(67)43(30-44(40)66)60(81)71(8)38(6)61(82)88-52-31-53(76)72(9)47-25-39(26-49(85-10)56(47)65)23-35(3)17-15-20-51(86-11)64(84)32-50(87-55(78)33-64)37(5)57-63(52,7)89-57/h15,17,20,25-27,30,34,36-38,42,46,50-52,57,84H,12-14,16,18-19,21-24,28-29,31-33H2,1-11H3,(H,70,79)(H3,68,69,83)/b20-15+,35-17+/t36?,37-,38+,42+,46+,50+,51-,52+,57+,63+,64-/m1/s1. The van der Waals surface area contributed by atoms with Crippen LogP contribution in [0.1, 0.15) is 141 Å². The Balaban J connectivity index is 1.17. The molecule has 11 atom stereocenters. The number of benzene rings is 2. The lowest BCUT2D eigenvalue weighted by molar-refractivity contribution is -0.187. The summed E-state index contributed by atoms with van der Waals surface area (Å²) in [6.07, 6.45) is 1.35. The molecule has 89 heavy (non-hydrogen) atoms. The molecule has 3 fully saturated rings. The fourth-order valence-corrected chi connectivity index (χ4v) is 12.1. The third kappa shape index (κ3) is 17.6. The Morgan fingerprint density at radius 2 is 1.67 bits per heavy atom. The number of anilines is 1. The number of rotatable bonds is 24. The van der Waals surface area contributed by atoms with E-state index in [0.717, 1.165) is 17.5 Å². The number of likely N-dealkylation sites (tertiary alicyclic amines) is 1. The Hall–Kier alpha value is -7.15. The van der Waals surface area contributed by atoms with Gasteiger partial charge < -0.3 is 55.0 Å². The van der Waals surface area contributed by atoms with E-state index in [1.807, 2.05) is 13.0 Å². The molecule has 0 saturated carbocycles. The zero-order chi connectivity index (χ0) is 66.0. The molecule has 0 spiro atoms. The number of carbonyl (C=O) groups excluding carboxylic acids is 10. The zero-order valence-corrected chi connectivity index (χ0v) is 53.3. The third-order valence-electron chi connectivity index (χ3n) is 17.5. The number of allylic oxidation sites excluding steroid dienone is 3. The van der Waals surface area contributed by atoms with E-state index < -0.39 is 137 Å². The summed E-state index contributed by atoms with van der Waals surface area (Å²) in [6.45, 7) is 11.9. The highest BCUT2D eigenvalue weighted by molar-refractivity contribution is 6.35. The number of hydrogen-bond donors (Lipinski definition) is 4. The Bertz CT molecular complexity index is 3100. The van der Waals surface area contributed by atoms with Crippen LogP contribution in [0.4, 0.5) is 19.3 Å². The highest BCUT2D eigenvalue weighted by Crippen LogP contribution is 2.50. The van der Waals surface area contributed by atoms with Crippen LogP contribution in [-0.4, -0.2) is 163 Å². The van der Waals surface area contributed by atoms with Crippen LogP contribution in [0.3, 0.4) is 0 Å². The molecule has 6 rings (SSSR count). The second kappa shape index (κ2) is 30.6. The highest BCUT2D eigenvalue weighted by Gasteiger charge is 2.64. The number of nitrogens with one attached hydrogen (secondary N) is 2. The van der Waals surface area contributed by atoms with Crippen LogP contribution in [0.15, 0.2) is 48.1 Å². The molecule has 25 heteroatoms. The number of likely N-dealkylation sites (N-methyl/N-ethyl adjacent to an activating group) is 1. The van der Waals surface area contributed by atoms with E-state index in [9.17, 15) is 53.1 Å². The number of nitrogens with two attached hydrogens (primary N) is 1. The number of esters is 2. The number of unbranched alkanes of at least 4 members (excludes halogenated alkanes) is 2. The molecule has 4 bridgehead atoms. The van der Waals surface area contributed by atoms with E-state index in [1.54, 1.807) is 58.9 Å². The number of hydrogen-bond acceptors (Lipinski definition) is 16. The number of halogens is 3. The van der Waals surface area contributed by atoms with Gasteiger partial charge in [0.25, 0.3) is 5.91 Å². The zero-order valence-electron chi connectivity index (χ0n) is 52.5. The van der Waals surface area contributed by atoms with Crippen molar-refractivity contribution in [1.82, 2.24) is 20.4 Å². The second-order valence-corrected chi connectivity index (χ2v) is 25.0. The molecule has 0 aliphatic carbocycles. The maximum Gasteiger partial charge on any atom is 0.328 e. The summed E-state index contributed by atoms with van der Waals surface area (Å²) in [5.74, 6) is -10.1. The van der Waals surface area contributed by atoms with Gasteiger partial charge in [0, 0.05) is 84.2 Å². The normalized spacial score (nSPS) is 25.8. The van der Waals surface area contributed by atoms with Crippen LogP contribution in [0.2, 0.25) is 5.02 Å². The highest BCUT2D eigenvalue weighted by atomic mass is 35.5. The summed E-state index contributed by atoms with van der Waals surface area (Å²) >= 11 is 6.83. The summed E-state index contributed by atoms with van der Waals surface area (Å²) in [7, 11) is 5.46. The monoisotopic (exact) mass is 1270 g/mol. The average Bonchev–Trinajstić information content (AvgIpc) is 1.60. The molecule has 2 aromatic carbocycles. The molecule has 4 aliphatic heterocycles. The van der Waals surface area contributed by atoms with Gasteiger partial charge in [-0.2, -0.15) is 0 Å². The van der Waals surface area contributed by atoms with Gasteiger partial charge in [-0.25, -0.2) is 18.4 Å². The molecule has 4 heterocycles. The number of ketones is 2. The molecule has 1 unspecified atom stereocenters. The number of imide groups is 1. The summed E-state index contributed by atoms with van der Waals surface area (Å²) in [4.78, 5) is 136. The minimum Gasteiger partial charge on any atom is -0.495 e. The van der Waals surface area contributed by atoms with Gasteiger partial charge in [0.1, 0.15) is 63.7 Å². The quantitative estimate of drug-likeness (QED) is 0.0373. The van der Waals surface area contributed by atoms with Gasteiger partial charge >= 0.3 is 18.0 Å². The number of aliphatic hydroxyl groups is 1. The van der Waals surface area contributed by atoms with Crippen molar-refractivity contribution in [2.24, 2.45) is 29.4 Å². The predicted molar refractivity (Wildman–Crippen MR) is 322 cm³/mol. The molecule has 22 nitrogen and oxygen atoms in total. The van der Waals surface area contributed by atoms with Gasteiger partial charge in [-0.1, -0.05) is 69.5 Å². The number of nitrogens with zero attached hydrogens (tertiary/aromatic N) is 3. The number of carbonyl (C=O) groups is 10. The summed E-state index contributed by atoms with van der Waals surface area (Å²) in [6, 6.07) is 0.999. The van der Waals surface area contributed by atoms with Gasteiger partial charge in [0.2, 0.25) is 23.6 Å². The number of amides is 7. The lowest BCUT2D eigenvalue weighted by Gasteiger charge is -2.41. The van der Waals surface area contributed by atoms with Crippen LogP contribution in [0, 0.1) is 35.3 Å². The molecule has 0 radical (unpaired) electrons. The van der Waals surface area contributed by atoms with Crippen molar-refractivity contribution < 1.29 is 85.5 Å². The molecular formula is C64H85ClF2N6O16. The van der Waals surface area contributed by atoms with Crippen LogP contribution < -0.4 is 26.0 Å². The fourth-order valence-electron chi connectivity index (χ4n) is 11.8. The van der Waals surface area contributed by atoms with Gasteiger partial charge in [-0.15, -0.1) is 0 Å². The van der Waals surface area contributed by atoms with Crippen molar-refractivity contribution in [2.75, 3.05) is 46.3 Å². The predicted octanol–water partition coefficient (Wildman–Crippen LogP) is 6.59. The number of methoxy groups -OCH3 is 2. The Labute approximate surface area is 522 Å². The van der Waals surface area contributed by atoms with Crippen LogP contribution >= 0.6 is 11.6 Å². The van der Waals surface area contributed by atoms with Crippen molar-refractivity contribution in [3.05, 3.63) is 81.4 Å². The van der Waals surface area contributed by atoms with Crippen molar-refractivity contribution in [3.63, 3.8) is 0 Å². The summed E-state index contributed by atoms with van der Waals surface area (Å²) in [5, 5.41) is 17.2. The maximum atomic E-state index is 16.2. The Kier molecular flexibility index (Phi) is 24.4. The molecule has 4 aliphatic rings. The first kappa shape index (κ1) is 70.9. The van der Waals surface area contributed by atoms with Gasteiger partial charge in [-0.3, -0.25) is 43.3 Å². The lowest BCUT2D eigenvalue weighted by atomic mass is 9.78. The van der Waals surface area contributed by atoms with Crippen LogP contribution in [-0.2, 0) is 70.1 Å². The molecule has 3 saturated heterocycles. The SMILES string of the molecule is COc1cc2cc(c1Cl)N(C)C(=O)C[C@H](OC(=O)[C@H](C)N(C)C(=O)c1cc(F)c(CC(=O)[C@H](CCCNC(N)=O)NC(=O)[C@@H](CC(=O)CCCCCN3C(=O)CC(C)C3=O)C(C)C)cc1F)[C@]1(C)O[C@H]1[C@H](C)[C@@H]1C[C@@](O)(CC(=O)O1)[C@H](OC)/C=C/C=C(\C)C2. The van der Waals surface area contributed by atoms with Crippen LogP contribution in [0.25, 0.3) is 0 Å². The van der Waals surface area contributed by atoms with Crippen molar-refractivity contribution in [2.45, 2.75) is 180 Å². The third-order valence-corrected chi connectivity index (χ3v) is 17.9. The summed E-state index contributed by atoms with van der Waals surface area (Å²) in [5.41, 5.74) is 2.60. The summed E-state index contributed by atoms with van der Waals surface area (Å²) < 4.78 is 61.9. The number of urea groups is 1. The first-order chi connectivity index (χ1) is 41.8. The van der Waals surface area contributed by atoms with E-state index in [2.05, 4.69) is 10.6 Å². The van der Waals surface area contributed by atoms with E-state index in [1.165, 1.54) is 38.0 Å². The Morgan fingerprint density at radius 1 is 0.966 bits per heavy atom. The first-order valence-electron chi connectivity index (χ1n) is 30.1. The topological polar surface area (TPSA) is 300 Å². The molecule has 488 valence electrons. The fraction of sp³-hybridized carbons (Fsp3) is 0.594. The van der Waals surface area contributed by atoms with E-state index in [4.69, 9.17) is 41.0 Å². The second-order valence-electron chi connectivity index (χ2n) is 24.6. The van der Waals surface area contributed by atoms with E-state index >= 15 is 8.78 Å². The molecule has 7 amide bonds. The number of Topliss-reactive ketones (excluding diaryl/α,β-unsaturated/α-hetero) is 2. The molecule has 0 aromatic heterocycles. The van der Waals surface area contributed by atoms with Crippen molar-refractivity contribution >= 4 is 76.4 Å². The minimum atomic E-state index is -1.71. The number of epoxide rings is 1. The average molecular weight is 1270 g/mol. The maximum absolute atomic E-state index is 16.2. The first-order valence-corrected chi connectivity index (χ1v) is 30.5. The number of fused-ring (bicyclic) bond motifs is 5. The van der Waals surface area contributed by atoms with Crippen molar-refractivity contribution in [3.8, 4) is 5.75 Å². The largest absolute Gasteiger partial charge is 0.495 e.